The molecular formula is C49H34. The molecule has 0 heterocycles. The summed E-state index contributed by atoms with van der Waals surface area (Å²) < 4.78 is 0. The quantitative estimate of drug-likeness (QED) is 0.172. The van der Waals surface area contributed by atoms with Crippen LogP contribution in [0, 0.1) is 0 Å². The van der Waals surface area contributed by atoms with Crippen molar-refractivity contribution in [3.8, 4) is 44.5 Å². The summed E-state index contributed by atoms with van der Waals surface area (Å²) >= 11 is 0. The van der Waals surface area contributed by atoms with Gasteiger partial charge in [0.25, 0.3) is 0 Å². The van der Waals surface area contributed by atoms with Gasteiger partial charge in [0, 0.05) is 5.41 Å². The zero-order valence-electron chi connectivity index (χ0n) is 27.7. The van der Waals surface area contributed by atoms with Gasteiger partial charge in [-0.15, -0.1) is 0 Å². The van der Waals surface area contributed by atoms with E-state index in [2.05, 4.69) is 184 Å². The van der Waals surface area contributed by atoms with Gasteiger partial charge in [-0.2, -0.15) is 0 Å². The summed E-state index contributed by atoms with van der Waals surface area (Å²) in [6.45, 7) is 4.74. The molecule has 0 aromatic heterocycles. The van der Waals surface area contributed by atoms with Gasteiger partial charge in [-0.1, -0.05) is 166 Å². The zero-order valence-corrected chi connectivity index (χ0v) is 27.7. The molecule has 0 fully saturated rings. The Morgan fingerprint density at radius 3 is 1.53 bits per heavy atom. The summed E-state index contributed by atoms with van der Waals surface area (Å²) in [6.07, 6.45) is 0. The molecule has 0 unspecified atom stereocenters. The van der Waals surface area contributed by atoms with E-state index in [1.54, 1.807) is 0 Å². The fraction of sp³-hybridized carbons (Fsp3) is 0.0612. The number of benzene rings is 9. The first-order chi connectivity index (χ1) is 24.1. The first-order valence-electron chi connectivity index (χ1n) is 17.3. The molecule has 0 aliphatic heterocycles. The van der Waals surface area contributed by atoms with Crippen molar-refractivity contribution in [3.63, 3.8) is 0 Å². The lowest BCUT2D eigenvalue weighted by molar-refractivity contribution is 0.660. The fourth-order valence-corrected chi connectivity index (χ4v) is 8.74. The van der Waals surface area contributed by atoms with Gasteiger partial charge in [0.05, 0.1) is 0 Å². The first-order valence-corrected chi connectivity index (χ1v) is 17.3. The fourth-order valence-electron chi connectivity index (χ4n) is 8.74. The minimum absolute atomic E-state index is 0.0611. The third-order valence-electron chi connectivity index (χ3n) is 11.0. The molecule has 0 atom stereocenters. The second-order valence-electron chi connectivity index (χ2n) is 14.0. The van der Waals surface area contributed by atoms with Crippen molar-refractivity contribution in [1.29, 1.82) is 0 Å². The molecule has 49 heavy (non-hydrogen) atoms. The Labute approximate surface area is 286 Å². The lowest BCUT2D eigenvalue weighted by atomic mass is 9.80. The van der Waals surface area contributed by atoms with Crippen LogP contribution in [0.3, 0.4) is 0 Å². The monoisotopic (exact) mass is 622 g/mol. The highest BCUT2D eigenvalue weighted by Gasteiger charge is 2.35. The van der Waals surface area contributed by atoms with E-state index in [4.69, 9.17) is 0 Å². The van der Waals surface area contributed by atoms with Gasteiger partial charge in [0.15, 0.2) is 0 Å². The lowest BCUT2D eigenvalue weighted by Crippen LogP contribution is -2.14. The minimum atomic E-state index is -0.0611. The molecular weight excluding hydrogens is 589 g/mol. The molecule has 0 bridgehead atoms. The van der Waals surface area contributed by atoms with E-state index in [0.29, 0.717) is 0 Å². The van der Waals surface area contributed by atoms with Gasteiger partial charge in [-0.05, 0) is 117 Å². The van der Waals surface area contributed by atoms with E-state index in [0.717, 1.165) is 0 Å². The maximum atomic E-state index is 2.47. The predicted molar refractivity (Wildman–Crippen MR) is 210 cm³/mol. The summed E-state index contributed by atoms with van der Waals surface area (Å²) in [5.74, 6) is 0. The standard InChI is InChI=1S/C49H34/c1-49(2)45-25-12-11-19-38(45)39-27-26-33(30-46(39)49)47-40-20-7-9-22-42(40)48(43-23-10-8-21-41(43)47)44-29-34(28-32-15-4-6-18-36(32)44)37-24-13-16-31-14-3-5-17-35(31)37/h3-30H,1-2H3. The van der Waals surface area contributed by atoms with E-state index in [1.807, 2.05) is 0 Å². The number of fused-ring (bicyclic) bond motifs is 7. The van der Waals surface area contributed by atoms with Crippen LogP contribution in [-0.4, -0.2) is 0 Å². The molecule has 1 aliphatic carbocycles. The van der Waals surface area contributed by atoms with Crippen molar-refractivity contribution in [2.45, 2.75) is 19.3 Å². The highest BCUT2D eigenvalue weighted by Crippen LogP contribution is 2.52. The summed E-state index contributed by atoms with van der Waals surface area (Å²) in [5, 5.41) is 10.2. The molecule has 9 aromatic rings. The van der Waals surface area contributed by atoms with Crippen LogP contribution >= 0.6 is 0 Å². The Morgan fingerprint density at radius 1 is 0.306 bits per heavy atom. The summed E-state index contributed by atoms with van der Waals surface area (Å²) in [6, 6.07) is 63.2. The van der Waals surface area contributed by atoms with Crippen molar-refractivity contribution in [2.75, 3.05) is 0 Å². The van der Waals surface area contributed by atoms with E-state index < -0.39 is 0 Å². The van der Waals surface area contributed by atoms with Crippen LogP contribution in [0.5, 0.6) is 0 Å². The van der Waals surface area contributed by atoms with Crippen LogP contribution in [0.15, 0.2) is 170 Å². The summed E-state index contributed by atoms with van der Waals surface area (Å²) in [7, 11) is 0. The number of rotatable bonds is 3. The van der Waals surface area contributed by atoms with Crippen LogP contribution in [0.2, 0.25) is 0 Å². The van der Waals surface area contributed by atoms with Crippen LogP contribution in [0.25, 0.3) is 87.6 Å². The first kappa shape index (κ1) is 28.1. The van der Waals surface area contributed by atoms with Gasteiger partial charge in [0.1, 0.15) is 0 Å². The normalized spacial score (nSPS) is 13.3. The van der Waals surface area contributed by atoms with Crippen molar-refractivity contribution in [3.05, 3.63) is 181 Å². The summed E-state index contributed by atoms with van der Waals surface area (Å²) in [4.78, 5) is 0. The van der Waals surface area contributed by atoms with E-state index in [9.17, 15) is 0 Å². The largest absolute Gasteiger partial charge is 0.0619 e. The molecule has 10 rings (SSSR count). The van der Waals surface area contributed by atoms with Crippen molar-refractivity contribution in [2.24, 2.45) is 0 Å². The Hall–Kier alpha value is -5.98. The molecule has 0 N–H and O–H groups in total. The van der Waals surface area contributed by atoms with Gasteiger partial charge in [0.2, 0.25) is 0 Å². The molecule has 0 amide bonds. The van der Waals surface area contributed by atoms with Crippen LogP contribution in [0.4, 0.5) is 0 Å². The molecule has 0 spiro atoms. The van der Waals surface area contributed by atoms with Crippen LogP contribution < -0.4 is 0 Å². The molecule has 0 radical (unpaired) electrons. The highest BCUT2D eigenvalue weighted by atomic mass is 14.4. The predicted octanol–water partition coefficient (Wildman–Crippen LogP) is 13.6. The molecule has 0 saturated heterocycles. The topological polar surface area (TPSA) is 0 Å². The van der Waals surface area contributed by atoms with Crippen LogP contribution in [0.1, 0.15) is 25.0 Å². The summed E-state index contributed by atoms with van der Waals surface area (Å²) in [5.41, 5.74) is 13.1. The van der Waals surface area contributed by atoms with Crippen LogP contribution in [-0.2, 0) is 5.41 Å². The average Bonchev–Trinajstić information content (AvgIpc) is 3.38. The Bertz CT molecular complexity index is 2730. The number of hydrogen-bond acceptors (Lipinski definition) is 0. The maximum Gasteiger partial charge on any atom is 0.0159 e. The Balaban J connectivity index is 1.28. The molecule has 0 nitrogen and oxygen atoms in total. The molecule has 9 aromatic carbocycles. The highest BCUT2D eigenvalue weighted by molar-refractivity contribution is 6.24. The smallest absolute Gasteiger partial charge is 0.0159 e. The Kier molecular flexibility index (Phi) is 6.02. The van der Waals surface area contributed by atoms with Crippen molar-refractivity contribution in [1.82, 2.24) is 0 Å². The molecule has 1 aliphatic rings. The third-order valence-corrected chi connectivity index (χ3v) is 11.0. The SMILES string of the molecule is CC1(C)c2ccccc2-c2ccc(-c3c4ccccc4c(-c4cc(-c5cccc6ccccc56)cc5ccccc45)c4ccccc34)cc21. The van der Waals surface area contributed by atoms with Crippen molar-refractivity contribution < 1.29 is 0 Å². The maximum absolute atomic E-state index is 2.47. The lowest BCUT2D eigenvalue weighted by Gasteiger charge is -2.23. The van der Waals surface area contributed by atoms with Gasteiger partial charge in [-0.25, -0.2) is 0 Å². The number of hydrogen-bond donors (Lipinski definition) is 0. The Morgan fingerprint density at radius 2 is 0.816 bits per heavy atom. The third kappa shape index (κ3) is 4.11. The van der Waals surface area contributed by atoms with E-state index in [1.165, 1.54) is 98.7 Å². The van der Waals surface area contributed by atoms with Gasteiger partial charge >= 0.3 is 0 Å². The van der Waals surface area contributed by atoms with E-state index >= 15 is 0 Å². The van der Waals surface area contributed by atoms with Gasteiger partial charge < -0.3 is 0 Å². The van der Waals surface area contributed by atoms with E-state index in [-0.39, 0.29) is 5.41 Å². The minimum Gasteiger partial charge on any atom is -0.0619 e. The molecule has 0 saturated carbocycles. The second kappa shape index (κ2) is 10.5. The zero-order chi connectivity index (χ0) is 32.7. The molecule has 230 valence electrons. The van der Waals surface area contributed by atoms with Crippen molar-refractivity contribution >= 4 is 43.1 Å². The van der Waals surface area contributed by atoms with Gasteiger partial charge in [-0.3, -0.25) is 0 Å². The average molecular weight is 623 g/mol. The second-order valence-corrected chi connectivity index (χ2v) is 14.0. The molecule has 0 heteroatoms.